The molecule has 8 nitrogen and oxygen atoms in total. The van der Waals surface area contributed by atoms with E-state index in [1.165, 1.54) is 25.7 Å². The molecule has 4 heterocycles. The molecular weight excluding hydrogens is 452 g/mol. The van der Waals surface area contributed by atoms with E-state index in [0.717, 1.165) is 46.7 Å². The first-order chi connectivity index (χ1) is 16.4. The SMILES string of the molecule is CC(C)Cc1cn(CC2CCC(C)CC2)c2c(-c3cncc(Cl)c3)nc(-c3noc(=O)[nH]3)nc12. The number of hydrogen-bond acceptors (Lipinski definition) is 6. The molecule has 0 aliphatic heterocycles. The minimum Gasteiger partial charge on any atom is -0.344 e. The molecule has 4 aromatic heterocycles. The lowest BCUT2D eigenvalue weighted by molar-refractivity contribution is 0.267. The van der Waals surface area contributed by atoms with Crippen LogP contribution in [0, 0.1) is 17.8 Å². The number of nitrogens with one attached hydrogen (secondary N) is 1. The molecule has 0 saturated heterocycles. The van der Waals surface area contributed by atoms with E-state index in [4.69, 9.17) is 26.1 Å². The number of aromatic amines is 1. The quantitative estimate of drug-likeness (QED) is 0.390. The maximum atomic E-state index is 11.6. The van der Waals surface area contributed by atoms with E-state index in [9.17, 15) is 4.79 Å². The zero-order chi connectivity index (χ0) is 23.8. The summed E-state index contributed by atoms with van der Waals surface area (Å²) in [4.78, 5) is 28.2. The number of aromatic nitrogens is 6. The van der Waals surface area contributed by atoms with Gasteiger partial charge in [-0.15, -0.1) is 0 Å². The highest BCUT2D eigenvalue weighted by atomic mass is 35.5. The summed E-state index contributed by atoms with van der Waals surface area (Å²) in [6.07, 6.45) is 11.5. The fourth-order valence-electron chi connectivity index (χ4n) is 4.96. The molecule has 178 valence electrons. The zero-order valence-corrected chi connectivity index (χ0v) is 20.5. The Morgan fingerprint density at radius 3 is 2.68 bits per heavy atom. The second kappa shape index (κ2) is 9.33. The van der Waals surface area contributed by atoms with Crippen LogP contribution >= 0.6 is 11.6 Å². The average molecular weight is 481 g/mol. The summed E-state index contributed by atoms with van der Waals surface area (Å²) in [6, 6.07) is 1.85. The van der Waals surface area contributed by atoms with E-state index in [-0.39, 0.29) is 5.82 Å². The van der Waals surface area contributed by atoms with Gasteiger partial charge in [0.1, 0.15) is 5.69 Å². The Hall–Kier alpha value is -3.00. The summed E-state index contributed by atoms with van der Waals surface area (Å²) in [7, 11) is 0. The summed E-state index contributed by atoms with van der Waals surface area (Å²) in [6.45, 7) is 7.66. The van der Waals surface area contributed by atoms with Crippen LogP contribution in [0.4, 0.5) is 0 Å². The molecular formula is C25H29ClN6O2. The molecule has 9 heteroatoms. The predicted octanol–water partition coefficient (Wildman–Crippen LogP) is 5.51. The molecule has 1 fully saturated rings. The van der Waals surface area contributed by atoms with Crippen LogP contribution in [0.3, 0.4) is 0 Å². The standard InChI is InChI=1S/C25H29ClN6O2/c1-14(2)8-18-13-32(12-16-6-4-15(3)5-7-16)22-20(17-9-19(26)11-27-10-17)28-23(29-21(18)22)24-30-25(33)34-31-24/h9-11,13-16H,4-8,12H2,1-3H3,(H,30,31,33). The minimum absolute atomic E-state index is 0.202. The number of H-pyrrole nitrogens is 1. The molecule has 0 atom stereocenters. The van der Waals surface area contributed by atoms with Crippen molar-refractivity contribution in [3.63, 3.8) is 0 Å². The van der Waals surface area contributed by atoms with Crippen molar-refractivity contribution in [3.8, 4) is 22.9 Å². The monoisotopic (exact) mass is 480 g/mol. The highest BCUT2D eigenvalue weighted by Crippen LogP contribution is 2.35. The minimum atomic E-state index is -0.642. The van der Waals surface area contributed by atoms with Crippen molar-refractivity contribution in [1.82, 2.24) is 29.7 Å². The van der Waals surface area contributed by atoms with Gasteiger partial charge in [0.2, 0.25) is 11.6 Å². The Morgan fingerprint density at radius 2 is 2.00 bits per heavy atom. The van der Waals surface area contributed by atoms with E-state index in [2.05, 4.69) is 46.7 Å². The smallest absolute Gasteiger partial charge is 0.344 e. The molecule has 0 bridgehead atoms. The molecule has 0 spiro atoms. The normalized spacial score (nSPS) is 18.7. The van der Waals surface area contributed by atoms with Gasteiger partial charge in [-0.25, -0.2) is 14.8 Å². The van der Waals surface area contributed by atoms with Crippen molar-refractivity contribution in [2.45, 2.75) is 59.4 Å². The largest absolute Gasteiger partial charge is 0.439 e. The lowest BCUT2D eigenvalue weighted by atomic mass is 9.83. The summed E-state index contributed by atoms with van der Waals surface area (Å²) >= 11 is 6.30. The maximum Gasteiger partial charge on any atom is 0.439 e. The average Bonchev–Trinajstić information content (AvgIpc) is 3.38. The number of fused-ring (bicyclic) bond motifs is 1. The summed E-state index contributed by atoms with van der Waals surface area (Å²) < 4.78 is 7.04. The van der Waals surface area contributed by atoms with Gasteiger partial charge in [0.05, 0.1) is 16.1 Å². The Balaban J connectivity index is 1.72. The third kappa shape index (κ3) is 4.64. The van der Waals surface area contributed by atoms with Crippen molar-refractivity contribution < 1.29 is 4.52 Å². The Kier molecular flexibility index (Phi) is 6.25. The molecule has 1 aliphatic rings. The third-order valence-electron chi connectivity index (χ3n) is 6.64. The van der Waals surface area contributed by atoms with Crippen LogP contribution < -0.4 is 5.76 Å². The topological polar surface area (TPSA) is 102 Å². The van der Waals surface area contributed by atoms with Crippen molar-refractivity contribution >= 4 is 22.6 Å². The van der Waals surface area contributed by atoms with Gasteiger partial charge in [-0.1, -0.05) is 50.4 Å². The molecule has 0 aromatic carbocycles. The Bertz CT molecular complexity index is 1360. The van der Waals surface area contributed by atoms with Gasteiger partial charge in [-0.05, 0) is 48.6 Å². The summed E-state index contributed by atoms with van der Waals surface area (Å²) in [5.41, 5.74) is 4.49. The highest BCUT2D eigenvalue weighted by Gasteiger charge is 2.24. The zero-order valence-electron chi connectivity index (χ0n) is 19.7. The predicted molar refractivity (Wildman–Crippen MR) is 132 cm³/mol. The highest BCUT2D eigenvalue weighted by molar-refractivity contribution is 6.30. The van der Waals surface area contributed by atoms with Gasteiger partial charge in [0, 0.05) is 30.7 Å². The van der Waals surface area contributed by atoms with Crippen LogP contribution in [0.5, 0.6) is 0 Å². The number of hydrogen-bond donors (Lipinski definition) is 1. The van der Waals surface area contributed by atoms with Crippen LogP contribution in [0.1, 0.15) is 52.0 Å². The number of nitrogens with zero attached hydrogens (tertiary/aromatic N) is 5. The molecule has 0 radical (unpaired) electrons. The molecule has 34 heavy (non-hydrogen) atoms. The fraction of sp³-hybridized carbons (Fsp3) is 0.480. The second-order valence-electron chi connectivity index (χ2n) is 9.96. The molecule has 0 amide bonds. The van der Waals surface area contributed by atoms with Gasteiger partial charge in [0.25, 0.3) is 0 Å². The fourth-order valence-corrected chi connectivity index (χ4v) is 5.14. The van der Waals surface area contributed by atoms with Gasteiger partial charge < -0.3 is 4.57 Å². The van der Waals surface area contributed by atoms with E-state index >= 15 is 0 Å². The van der Waals surface area contributed by atoms with E-state index < -0.39 is 5.76 Å². The van der Waals surface area contributed by atoms with Crippen LogP contribution in [0.15, 0.2) is 34.0 Å². The molecule has 1 aliphatic carbocycles. The van der Waals surface area contributed by atoms with E-state index in [0.29, 0.717) is 22.7 Å². The van der Waals surface area contributed by atoms with Crippen LogP contribution in [-0.4, -0.2) is 29.7 Å². The first-order valence-corrected chi connectivity index (χ1v) is 12.3. The lowest BCUT2D eigenvalue weighted by Crippen LogP contribution is -2.17. The molecule has 4 aromatic rings. The van der Waals surface area contributed by atoms with Crippen molar-refractivity contribution in [3.05, 3.63) is 45.8 Å². The molecule has 0 unspecified atom stereocenters. The number of rotatable bonds is 6. The van der Waals surface area contributed by atoms with Crippen LogP contribution in [-0.2, 0) is 13.0 Å². The van der Waals surface area contributed by atoms with E-state index in [1.54, 1.807) is 12.4 Å². The molecule has 1 N–H and O–H groups in total. The maximum absolute atomic E-state index is 11.6. The van der Waals surface area contributed by atoms with Gasteiger partial charge >= 0.3 is 5.76 Å². The summed E-state index contributed by atoms with van der Waals surface area (Å²) in [5.74, 6) is 1.75. The van der Waals surface area contributed by atoms with Gasteiger partial charge in [0.15, 0.2) is 0 Å². The first kappa shape index (κ1) is 22.8. The summed E-state index contributed by atoms with van der Waals surface area (Å²) in [5, 5.41) is 4.36. The van der Waals surface area contributed by atoms with Crippen molar-refractivity contribution in [1.29, 1.82) is 0 Å². The first-order valence-electron chi connectivity index (χ1n) is 11.9. The Labute approximate surface area is 202 Å². The van der Waals surface area contributed by atoms with Crippen molar-refractivity contribution in [2.24, 2.45) is 17.8 Å². The molecule has 5 rings (SSSR count). The van der Waals surface area contributed by atoms with E-state index in [1.807, 2.05) is 6.07 Å². The van der Waals surface area contributed by atoms with Crippen LogP contribution in [0.25, 0.3) is 33.9 Å². The van der Waals surface area contributed by atoms with Crippen LogP contribution in [0.2, 0.25) is 5.02 Å². The third-order valence-corrected chi connectivity index (χ3v) is 6.84. The number of pyridine rings is 1. The number of halogens is 1. The van der Waals surface area contributed by atoms with Crippen molar-refractivity contribution in [2.75, 3.05) is 0 Å². The second-order valence-corrected chi connectivity index (χ2v) is 10.4. The van der Waals surface area contributed by atoms with Gasteiger partial charge in [-0.2, -0.15) is 0 Å². The lowest BCUT2D eigenvalue weighted by Gasteiger charge is -2.26. The Morgan fingerprint density at radius 1 is 1.21 bits per heavy atom. The molecule has 1 saturated carbocycles. The van der Waals surface area contributed by atoms with Gasteiger partial charge in [-0.3, -0.25) is 14.5 Å².